The second kappa shape index (κ2) is 7.52. The van der Waals surface area contributed by atoms with E-state index in [0.717, 1.165) is 0 Å². The van der Waals surface area contributed by atoms with Gasteiger partial charge >= 0.3 is 0 Å². The van der Waals surface area contributed by atoms with Crippen LogP contribution in [-0.2, 0) is 0 Å². The average Bonchev–Trinajstić information content (AvgIpc) is 2.49. The first-order chi connectivity index (χ1) is 10.5. The van der Waals surface area contributed by atoms with Crippen molar-refractivity contribution in [1.29, 1.82) is 0 Å². The van der Waals surface area contributed by atoms with Gasteiger partial charge in [-0.3, -0.25) is 4.79 Å². The van der Waals surface area contributed by atoms with Crippen LogP contribution in [0.4, 0.5) is 5.69 Å². The number of hydrogen-bond donors (Lipinski definition) is 1. The van der Waals surface area contributed by atoms with Gasteiger partial charge in [0, 0.05) is 5.02 Å². The molecule has 0 fully saturated rings. The van der Waals surface area contributed by atoms with Gasteiger partial charge in [0.05, 0.1) is 22.9 Å². The summed E-state index contributed by atoms with van der Waals surface area (Å²) >= 11 is 12.0. The molecule has 116 valence electrons. The molecule has 0 aliphatic carbocycles. The lowest BCUT2D eigenvalue weighted by Crippen LogP contribution is -2.15. The van der Waals surface area contributed by atoms with Crippen molar-refractivity contribution in [2.24, 2.45) is 5.92 Å². The highest BCUT2D eigenvalue weighted by molar-refractivity contribution is 6.35. The van der Waals surface area contributed by atoms with E-state index in [-0.39, 0.29) is 5.91 Å². The molecule has 0 heterocycles. The first-order valence-corrected chi connectivity index (χ1v) is 7.71. The van der Waals surface area contributed by atoms with Gasteiger partial charge < -0.3 is 10.1 Å². The van der Waals surface area contributed by atoms with Gasteiger partial charge in [-0.2, -0.15) is 0 Å². The van der Waals surface area contributed by atoms with Gasteiger partial charge in [-0.05, 0) is 36.2 Å². The normalized spacial score (nSPS) is 10.6. The molecule has 0 aliphatic rings. The van der Waals surface area contributed by atoms with E-state index in [1.807, 2.05) is 6.07 Å². The van der Waals surface area contributed by atoms with Gasteiger partial charge in [0.2, 0.25) is 0 Å². The average molecular weight is 338 g/mol. The zero-order valence-electron chi connectivity index (χ0n) is 12.4. The predicted molar refractivity (Wildman–Crippen MR) is 91.2 cm³/mol. The summed E-state index contributed by atoms with van der Waals surface area (Å²) in [5, 5.41) is 3.69. The Hall–Kier alpha value is -1.71. The van der Waals surface area contributed by atoms with Gasteiger partial charge in [0.1, 0.15) is 5.75 Å². The maximum atomic E-state index is 12.5. The Bertz CT molecular complexity index is 671. The molecule has 0 saturated carbocycles. The second-order valence-corrected chi connectivity index (χ2v) is 6.12. The van der Waals surface area contributed by atoms with Crippen LogP contribution in [0.5, 0.6) is 5.75 Å². The van der Waals surface area contributed by atoms with Crippen LogP contribution in [0, 0.1) is 5.92 Å². The first-order valence-electron chi connectivity index (χ1n) is 6.95. The Morgan fingerprint density at radius 1 is 1.18 bits per heavy atom. The number of anilines is 1. The number of carbonyl (C=O) groups excluding carboxylic acids is 1. The minimum atomic E-state index is -0.288. The zero-order chi connectivity index (χ0) is 16.1. The standard InChI is InChI=1S/C17H17Cl2NO2/c1-11(2)10-22-16-6-4-3-5-13(16)17(21)20-15-9-12(18)7-8-14(15)19/h3-9,11H,10H2,1-2H3,(H,20,21). The number of rotatable bonds is 5. The van der Waals surface area contributed by atoms with Gasteiger partial charge in [-0.25, -0.2) is 0 Å². The van der Waals surface area contributed by atoms with Crippen molar-refractivity contribution < 1.29 is 9.53 Å². The molecule has 3 nitrogen and oxygen atoms in total. The van der Waals surface area contributed by atoms with Crippen LogP contribution in [0.25, 0.3) is 0 Å². The van der Waals surface area contributed by atoms with Gasteiger partial charge in [0.25, 0.3) is 5.91 Å². The zero-order valence-corrected chi connectivity index (χ0v) is 13.9. The Morgan fingerprint density at radius 3 is 2.64 bits per heavy atom. The van der Waals surface area contributed by atoms with Crippen LogP contribution < -0.4 is 10.1 Å². The minimum absolute atomic E-state index is 0.288. The Kier molecular flexibility index (Phi) is 5.69. The van der Waals surface area contributed by atoms with Crippen LogP contribution >= 0.6 is 23.2 Å². The molecule has 0 aliphatic heterocycles. The van der Waals surface area contributed by atoms with E-state index in [1.54, 1.807) is 36.4 Å². The summed E-state index contributed by atoms with van der Waals surface area (Å²) in [4.78, 5) is 12.5. The van der Waals surface area contributed by atoms with E-state index in [9.17, 15) is 4.79 Å². The molecule has 2 aromatic carbocycles. The highest BCUT2D eigenvalue weighted by atomic mass is 35.5. The van der Waals surface area contributed by atoms with Crippen LogP contribution in [-0.4, -0.2) is 12.5 Å². The second-order valence-electron chi connectivity index (χ2n) is 5.28. The summed E-state index contributed by atoms with van der Waals surface area (Å²) in [6.07, 6.45) is 0. The number of hydrogen-bond acceptors (Lipinski definition) is 2. The molecule has 0 radical (unpaired) electrons. The number of ether oxygens (including phenoxy) is 1. The summed E-state index contributed by atoms with van der Waals surface area (Å²) in [5.74, 6) is 0.633. The molecule has 22 heavy (non-hydrogen) atoms. The van der Waals surface area contributed by atoms with Gasteiger partial charge in [-0.15, -0.1) is 0 Å². The third-order valence-electron chi connectivity index (χ3n) is 2.88. The van der Waals surface area contributed by atoms with E-state index in [1.165, 1.54) is 0 Å². The molecule has 2 rings (SSSR count). The SMILES string of the molecule is CC(C)COc1ccccc1C(=O)Nc1cc(Cl)ccc1Cl. The van der Waals surface area contributed by atoms with Gasteiger partial charge in [-0.1, -0.05) is 49.2 Å². The largest absolute Gasteiger partial charge is 0.492 e. The summed E-state index contributed by atoms with van der Waals surface area (Å²) in [7, 11) is 0. The number of benzene rings is 2. The van der Waals surface area contributed by atoms with Crippen molar-refractivity contribution in [3.05, 3.63) is 58.1 Å². The quantitative estimate of drug-likeness (QED) is 0.805. The molecule has 2 aromatic rings. The first kappa shape index (κ1) is 16.7. The van der Waals surface area contributed by atoms with E-state index < -0.39 is 0 Å². The predicted octanol–water partition coefficient (Wildman–Crippen LogP) is 5.28. The fraction of sp³-hybridized carbons (Fsp3) is 0.235. The Morgan fingerprint density at radius 2 is 1.91 bits per heavy atom. The van der Waals surface area contributed by atoms with Gasteiger partial charge in [0.15, 0.2) is 0 Å². The molecule has 0 saturated heterocycles. The maximum absolute atomic E-state index is 12.5. The highest BCUT2D eigenvalue weighted by Gasteiger charge is 2.14. The van der Waals surface area contributed by atoms with Crippen LogP contribution in [0.3, 0.4) is 0 Å². The molecular formula is C17H17Cl2NO2. The van der Waals surface area contributed by atoms with Crippen LogP contribution in [0.15, 0.2) is 42.5 Å². The fourth-order valence-electron chi connectivity index (χ4n) is 1.82. The Balaban J connectivity index is 2.20. The van der Waals surface area contributed by atoms with E-state index >= 15 is 0 Å². The van der Waals surface area contributed by atoms with Crippen LogP contribution in [0.1, 0.15) is 24.2 Å². The monoisotopic (exact) mass is 337 g/mol. The van der Waals surface area contributed by atoms with E-state index in [2.05, 4.69) is 19.2 Å². The van der Waals surface area contributed by atoms with Crippen molar-refractivity contribution in [2.75, 3.05) is 11.9 Å². The molecule has 0 bridgehead atoms. The summed E-state index contributed by atoms with van der Waals surface area (Å²) in [6, 6.07) is 12.0. The summed E-state index contributed by atoms with van der Waals surface area (Å²) < 4.78 is 5.69. The molecule has 1 amide bonds. The van der Waals surface area contributed by atoms with E-state index in [0.29, 0.717) is 39.6 Å². The number of amides is 1. The molecule has 1 N–H and O–H groups in total. The molecule has 0 unspecified atom stereocenters. The number of carbonyl (C=O) groups is 1. The van der Waals surface area contributed by atoms with Crippen molar-refractivity contribution in [3.8, 4) is 5.75 Å². The third kappa shape index (κ3) is 4.39. The molecule has 0 atom stereocenters. The topological polar surface area (TPSA) is 38.3 Å². The van der Waals surface area contributed by atoms with Crippen molar-refractivity contribution in [3.63, 3.8) is 0 Å². The number of para-hydroxylation sites is 1. The fourth-order valence-corrected chi connectivity index (χ4v) is 2.16. The lowest BCUT2D eigenvalue weighted by atomic mass is 10.1. The Labute approximate surface area is 140 Å². The third-order valence-corrected chi connectivity index (χ3v) is 3.45. The van der Waals surface area contributed by atoms with Crippen molar-refractivity contribution in [2.45, 2.75) is 13.8 Å². The minimum Gasteiger partial charge on any atom is -0.492 e. The summed E-state index contributed by atoms with van der Waals surface area (Å²) in [6.45, 7) is 4.64. The van der Waals surface area contributed by atoms with E-state index in [4.69, 9.17) is 27.9 Å². The smallest absolute Gasteiger partial charge is 0.259 e. The number of nitrogens with one attached hydrogen (secondary N) is 1. The molecular weight excluding hydrogens is 321 g/mol. The summed E-state index contributed by atoms with van der Waals surface area (Å²) in [5.41, 5.74) is 0.928. The molecule has 0 spiro atoms. The molecule has 0 aromatic heterocycles. The maximum Gasteiger partial charge on any atom is 0.259 e. The van der Waals surface area contributed by atoms with Crippen LogP contribution in [0.2, 0.25) is 10.0 Å². The molecule has 5 heteroatoms. The lowest BCUT2D eigenvalue weighted by Gasteiger charge is -2.13. The van der Waals surface area contributed by atoms with Crippen molar-refractivity contribution >= 4 is 34.8 Å². The number of halogens is 2. The highest BCUT2D eigenvalue weighted by Crippen LogP contribution is 2.27. The lowest BCUT2D eigenvalue weighted by molar-refractivity contribution is 0.102. The van der Waals surface area contributed by atoms with Crippen molar-refractivity contribution in [1.82, 2.24) is 0 Å².